The molecule has 1 saturated heterocycles. The second-order valence-corrected chi connectivity index (χ2v) is 7.76. The molecule has 0 unspecified atom stereocenters. The van der Waals surface area contributed by atoms with Gasteiger partial charge in [-0.1, -0.05) is 23.8 Å². The minimum absolute atomic E-state index is 0.0249. The summed E-state index contributed by atoms with van der Waals surface area (Å²) in [5.41, 5.74) is 2.07. The Morgan fingerprint density at radius 2 is 2.04 bits per heavy atom. The van der Waals surface area contributed by atoms with Crippen molar-refractivity contribution in [2.45, 2.75) is 24.8 Å². The molecule has 0 aliphatic carbocycles. The van der Waals surface area contributed by atoms with E-state index in [-0.39, 0.29) is 5.91 Å². The Balaban J connectivity index is 1.95. The highest BCUT2D eigenvalue weighted by atomic mass is 32.2. The molecule has 0 spiro atoms. The molecule has 1 fully saturated rings. The third kappa shape index (κ3) is 5.65. The highest BCUT2D eigenvalue weighted by Gasteiger charge is 2.23. The summed E-state index contributed by atoms with van der Waals surface area (Å²) in [5, 5.41) is 3.12. The number of likely N-dealkylation sites (N-methyl/N-ethyl adjacent to an activating group) is 2. The van der Waals surface area contributed by atoms with Crippen LogP contribution in [-0.4, -0.2) is 67.8 Å². The first kappa shape index (κ1) is 19.0. The molecule has 0 bridgehead atoms. The van der Waals surface area contributed by atoms with E-state index in [9.17, 15) is 4.79 Å². The second-order valence-electron chi connectivity index (χ2n) is 6.70. The van der Waals surface area contributed by atoms with Crippen LogP contribution in [0.3, 0.4) is 0 Å². The largest absolute Gasteiger partial charge is 0.350 e. The molecule has 132 valence electrons. The van der Waals surface area contributed by atoms with Crippen LogP contribution in [-0.2, 0) is 0 Å². The van der Waals surface area contributed by atoms with Crippen LogP contribution in [0, 0.1) is 0 Å². The Labute approximate surface area is 150 Å². The van der Waals surface area contributed by atoms with Crippen molar-refractivity contribution in [3.63, 3.8) is 0 Å². The molecular formula is C19H29N3OS. The Hall–Kier alpha value is -1.30. The Kier molecular flexibility index (Phi) is 7.34. The van der Waals surface area contributed by atoms with Crippen molar-refractivity contribution in [1.29, 1.82) is 0 Å². The lowest BCUT2D eigenvalue weighted by Gasteiger charge is -2.37. The number of nitrogens with one attached hydrogen (secondary N) is 1. The maximum absolute atomic E-state index is 12.6. The normalized spacial score (nSPS) is 19.1. The van der Waals surface area contributed by atoms with Gasteiger partial charge in [-0.2, -0.15) is 0 Å². The van der Waals surface area contributed by atoms with Crippen LogP contribution < -0.4 is 5.32 Å². The quantitative estimate of drug-likeness (QED) is 0.634. The zero-order chi connectivity index (χ0) is 17.5. The van der Waals surface area contributed by atoms with Gasteiger partial charge in [0, 0.05) is 42.9 Å². The number of nitrogens with zero attached hydrogens (tertiary/aromatic N) is 2. The van der Waals surface area contributed by atoms with Crippen LogP contribution in [0.2, 0.25) is 0 Å². The summed E-state index contributed by atoms with van der Waals surface area (Å²) < 4.78 is 0. The predicted molar refractivity (Wildman–Crippen MR) is 103 cm³/mol. The Morgan fingerprint density at radius 1 is 1.29 bits per heavy atom. The topological polar surface area (TPSA) is 35.6 Å². The SMILES string of the molecule is CC(C)=CCSc1ccccc1C(=O)NC[C@@H]1CN(C)CCN1C. The molecule has 1 aliphatic rings. The lowest BCUT2D eigenvalue weighted by Crippen LogP contribution is -2.54. The smallest absolute Gasteiger partial charge is 0.252 e. The summed E-state index contributed by atoms with van der Waals surface area (Å²) in [5.74, 6) is 0.917. The second kappa shape index (κ2) is 9.25. The van der Waals surface area contributed by atoms with Gasteiger partial charge >= 0.3 is 0 Å². The Morgan fingerprint density at radius 3 is 2.79 bits per heavy atom. The maximum Gasteiger partial charge on any atom is 0.252 e. The monoisotopic (exact) mass is 347 g/mol. The van der Waals surface area contributed by atoms with Crippen molar-refractivity contribution in [2.75, 3.05) is 46.0 Å². The molecule has 1 aromatic rings. The summed E-state index contributed by atoms with van der Waals surface area (Å²) in [7, 11) is 4.27. The molecule has 0 saturated carbocycles. The molecule has 5 heteroatoms. The van der Waals surface area contributed by atoms with E-state index in [2.05, 4.69) is 49.1 Å². The first-order valence-electron chi connectivity index (χ1n) is 8.49. The highest BCUT2D eigenvalue weighted by Crippen LogP contribution is 2.23. The average Bonchev–Trinajstić information content (AvgIpc) is 2.55. The molecule has 4 nitrogen and oxygen atoms in total. The van der Waals surface area contributed by atoms with Gasteiger partial charge in [0.1, 0.15) is 0 Å². The molecule has 0 radical (unpaired) electrons. The van der Waals surface area contributed by atoms with Crippen molar-refractivity contribution >= 4 is 17.7 Å². The van der Waals surface area contributed by atoms with Crippen LogP contribution in [0.4, 0.5) is 0 Å². The zero-order valence-corrected chi connectivity index (χ0v) is 16.0. The summed E-state index contributed by atoms with van der Waals surface area (Å²) in [6, 6.07) is 8.24. The number of benzene rings is 1. The van der Waals surface area contributed by atoms with Crippen molar-refractivity contribution in [3.8, 4) is 0 Å². The third-order valence-electron chi connectivity index (χ3n) is 4.34. The first-order chi connectivity index (χ1) is 11.5. The van der Waals surface area contributed by atoms with Gasteiger partial charge in [0.25, 0.3) is 5.91 Å². The van der Waals surface area contributed by atoms with Gasteiger partial charge in [-0.15, -0.1) is 11.8 Å². The third-order valence-corrected chi connectivity index (χ3v) is 5.34. The summed E-state index contributed by atoms with van der Waals surface area (Å²) >= 11 is 1.71. The number of hydrogen-bond acceptors (Lipinski definition) is 4. The number of hydrogen-bond donors (Lipinski definition) is 1. The maximum atomic E-state index is 12.6. The van der Waals surface area contributed by atoms with E-state index in [1.165, 1.54) is 5.57 Å². The molecule has 1 atom stereocenters. The van der Waals surface area contributed by atoms with Crippen molar-refractivity contribution in [1.82, 2.24) is 15.1 Å². The van der Waals surface area contributed by atoms with Gasteiger partial charge in [-0.05, 0) is 40.1 Å². The van der Waals surface area contributed by atoms with Gasteiger partial charge in [0.2, 0.25) is 0 Å². The lowest BCUT2D eigenvalue weighted by atomic mass is 10.1. The summed E-state index contributed by atoms with van der Waals surface area (Å²) in [4.78, 5) is 18.3. The van der Waals surface area contributed by atoms with E-state index in [1.807, 2.05) is 24.3 Å². The van der Waals surface area contributed by atoms with Gasteiger partial charge < -0.3 is 10.2 Å². The van der Waals surface area contributed by atoms with Crippen molar-refractivity contribution in [3.05, 3.63) is 41.5 Å². The van der Waals surface area contributed by atoms with E-state index in [0.29, 0.717) is 12.6 Å². The van der Waals surface area contributed by atoms with Crippen LogP contribution in [0.15, 0.2) is 40.8 Å². The number of carbonyl (C=O) groups excluding carboxylic acids is 1. The van der Waals surface area contributed by atoms with E-state index >= 15 is 0 Å². The fourth-order valence-corrected chi connectivity index (χ4v) is 3.79. The molecule has 0 aromatic heterocycles. The highest BCUT2D eigenvalue weighted by molar-refractivity contribution is 7.99. The molecule has 1 amide bonds. The molecule has 1 aromatic carbocycles. The standard InChI is InChI=1S/C19H29N3OS/c1-15(2)9-12-24-18-8-6-5-7-17(18)19(23)20-13-16-14-21(3)10-11-22(16)4/h5-9,16H,10-14H2,1-4H3,(H,20,23)/t16-/m1/s1. The average molecular weight is 348 g/mol. The van der Waals surface area contributed by atoms with E-state index < -0.39 is 0 Å². The number of amides is 1. The summed E-state index contributed by atoms with van der Waals surface area (Å²) in [6.45, 7) is 8.01. The van der Waals surface area contributed by atoms with Crippen LogP contribution in [0.25, 0.3) is 0 Å². The van der Waals surface area contributed by atoms with Crippen LogP contribution >= 0.6 is 11.8 Å². The van der Waals surface area contributed by atoms with Crippen LogP contribution in [0.5, 0.6) is 0 Å². The number of thioether (sulfide) groups is 1. The van der Waals surface area contributed by atoms with Gasteiger partial charge in [0.15, 0.2) is 0 Å². The van der Waals surface area contributed by atoms with Gasteiger partial charge in [-0.3, -0.25) is 9.69 Å². The van der Waals surface area contributed by atoms with E-state index in [1.54, 1.807) is 11.8 Å². The van der Waals surface area contributed by atoms with E-state index in [0.717, 1.165) is 35.8 Å². The van der Waals surface area contributed by atoms with E-state index in [4.69, 9.17) is 0 Å². The fourth-order valence-electron chi connectivity index (χ4n) is 2.71. The fraction of sp³-hybridized carbons (Fsp3) is 0.526. The van der Waals surface area contributed by atoms with Gasteiger partial charge in [0.05, 0.1) is 5.56 Å². The first-order valence-corrected chi connectivity index (χ1v) is 9.48. The number of allylic oxidation sites excluding steroid dienone is 1. The zero-order valence-electron chi connectivity index (χ0n) is 15.2. The van der Waals surface area contributed by atoms with Crippen LogP contribution in [0.1, 0.15) is 24.2 Å². The molecule has 1 aliphatic heterocycles. The van der Waals surface area contributed by atoms with Crippen molar-refractivity contribution < 1.29 is 4.79 Å². The minimum Gasteiger partial charge on any atom is -0.350 e. The Bertz CT molecular complexity index is 584. The predicted octanol–water partition coefficient (Wildman–Crippen LogP) is 2.72. The minimum atomic E-state index is 0.0249. The number of piperazine rings is 1. The number of rotatable bonds is 6. The lowest BCUT2D eigenvalue weighted by molar-refractivity contribution is 0.0878. The summed E-state index contributed by atoms with van der Waals surface area (Å²) in [6.07, 6.45) is 2.19. The molecule has 2 rings (SSSR count). The molecule has 1 N–H and O–H groups in total. The molecular weight excluding hydrogens is 318 g/mol. The number of carbonyl (C=O) groups is 1. The molecule has 1 heterocycles. The van der Waals surface area contributed by atoms with Gasteiger partial charge in [-0.25, -0.2) is 0 Å². The van der Waals surface area contributed by atoms with Crippen molar-refractivity contribution in [2.24, 2.45) is 0 Å². The molecule has 24 heavy (non-hydrogen) atoms.